The summed E-state index contributed by atoms with van der Waals surface area (Å²) >= 11 is 0. The van der Waals surface area contributed by atoms with Gasteiger partial charge in [-0.3, -0.25) is 0 Å². The van der Waals surface area contributed by atoms with Gasteiger partial charge in [-0.25, -0.2) is 9.97 Å². The van der Waals surface area contributed by atoms with Crippen molar-refractivity contribution >= 4 is 0 Å². The van der Waals surface area contributed by atoms with Crippen molar-refractivity contribution in [2.75, 3.05) is 0 Å². The fraction of sp³-hybridized carbons (Fsp3) is 0.375. The standard InChI is InChI=1S/C8H6N3/c9-6-8(2-3-8)7-10-4-1-5-11-7/h4-5H,2-3H2. The van der Waals surface area contributed by atoms with Crippen molar-refractivity contribution in [2.24, 2.45) is 0 Å². The molecule has 1 saturated carbocycles. The lowest BCUT2D eigenvalue weighted by atomic mass is 10.1. The Morgan fingerprint density at radius 1 is 1.45 bits per heavy atom. The first-order chi connectivity index (χ1) is 5.37. The normalized spacial score (nSPS) is 18.8. The minimum absolute atomic E-state index is 0.352. The van der Waals surface area contributed by atoms with E-state index in [-0.39, 0.29) is 5.41 Å². The molecule has 0 aliphatic heterocycles. The van der Waals surface area contributed by atoms with Gasteiger partial charge in [0.25, 0.3) is 0 Å². The minimum atomic E-state index is -0.352. The van der Waals surface area contributed by atoms with Crippen molar-refractivity contribution in [3.8, 4) is 6.07 Å². The van der Waals surface area contributed by atoms with Crippen LogP contribution in [0, 0.1) is 17.4 Å². The molecular formula is C8H6N3. The average molecular weight is 144 g/mol. The molecule has 0 saturated heterocycles. The lowest BCUT2D eigenvalue weighted by Gasteiger charge is -2.00. The first-order valence-corrected chi connectivity index (χ1v) is 3.47. The van der Waals surface area contributed by atoms with E-state index in [4.69, 9.17) is 5.26 Å². The van der Waals surface area contributed by atoms with Crippen LogP contribution in [0.15, 0.2) is 12.4 Å². The Labute approximate surface area is 64.7 Å². The van der Waals surface area contributed by atoms with E-state index >= 15 is 0 Å². The van der Waals surface area contributed by atoms with E-state index in [0.717, 1.165) is 12.8 Å². The SMILES string of the molecule is N#CC1(c2nc[c]cn2)CC1. The number of hydrogen-bond donors (Lipinski definition) is 0. The molecule has 3 nitrogen and oxygen atoms in total. The molecule has 53 valence electrons. The monoisotopic (exact) mass is 144 g/mol. The van der Waals surface area contributed by atoms with E-state index in [1.54, 1.807) is 12.4 Å². The van der Waals surface area contributed by atoms with Crippen LogP contribution in [-0.2, 0) is 5.41 Å². The molecule has 0 atom stereocenters. The van der Waals surface area contributed by atoms with Crippen LogP contribution in [0.4, 0.5) is 0 Å². The predicted molar refractivity (Wildman–Crippen MR) is 37.4 cm³/mol. The van der Waals surface area contributed by atoms with E-state index in [1.807, 2.05) is 0 Å². The maximum Gasteiger partial charge on any atom is 0.148 e. The highest BCUT2D eigenvalue weighted by atomic mass is 14.9. The molecule has 3 heteroatoms. The zero-order valence-electron chi connectivity index (χ0n) is 5.91. The molecule has 11 heavy (non-hydrogen) atoms. The summed E-state index contributed by atoms with van der Waals surface area (Å²) in [5, 5.41) is 8.77. The quantitative estimate of drug-likeness (QED) is 0.586. The van der Waals surface area contributed by atoms with Crippen LogP contribution < -0.4 is 0 Å². The van der Waals surface area contributed by atoms with E-state index in [2.05, 4.69) is 22.1 Å². The first kappa shape index (κ1) is 6.29. The Kier molecular flexibility index (Phi) is 1.16. The second-order valence-corrected chi connectivity index (χ2v) is 2.70. The molecule has 0 bridgehead atoms. The molecule has 0 spiro atoms. The number of aromatic nitrogens is 2. The first-order valence-electron chi connectivity index (χ1n) is 3.47. The third-order valence-corrected chi connectivity index (χ3v) is 1.91. The smallest absolute Gasteiger partial charge is 0.148 e. The van der Waals surface area contributed by atoms with Gasteiger partial charge in [0, 0.05) is 18.5 Å². The lowest BCUT2D eigenvalue weighted by Crippen LogP contribution is -2.07. The van der Waals surface area contributed by atoms with Gasteiger partial charge >= 0.3 is 0 Å². The van der Waals surface area contributed by atoms with Gasteiger partial charge in [-0.1, -0.05) is 0 Å². The lowest BCUT2D eigenvalue weighted by molar-refractivity contribution is 0.796. The second kappa shape index (κ2) is 2.03. The zero-order valence-corrected chi connectivity index (χ0v) is 5.91. The van der Waals surface area contributed by atoms with Crippen LogP contribution in [0.1, 0.15) is 18.7 Å². The molecule has 1 aliphatic carbocycles. The fourth-order valence-electron chi connectivity index (χ4n) is 1.02. The molecule has 1 aliphatic rings. The Balaban J connectivity index is 2.39. The van der Waals surface area contributed by atoms with E-state index in [0.29, 0.717) is 5.82 Å². The highest BCUT2D eigenvalue weighted by molar-refractivity contribution is 5.28. The maximum atomic E-state index is 8.77. The van der Waals surface area contributed by atoms with Crippen LogP contribution in [0.2, 0.25) is 0 Å². The van der Waals surface area contributed by atoms with Crippen molar-refractivity contribution in [2.45, 2.75) is 18.3 Å². The molecule has 2 rings (SSSR count). The number of rotatable bonds is 1. The topological polar surface area (TPSA) is 49.6 Å². The molecular weight excluding hydrogens is 138 g/mol. The van der Waals surface area contributed by atoms with Gasteiger partial charge in [0.15, 0.2) is 0 Å². The van der Waals surface area contributed by atoms with Crippen LogP contribution in [0.5, 0.6) is 0 Å². The molecule has 0 amide bonds. The van der Waals surface area contributed by atoms with Gasteiger partial charge < -0.3 is 0 Å². The maximum absolute atomic E-state index is 8.77. The summed E-state index contributed by atoms with van der Waals surface area (Å²) in [5.74, 6) is 0.652. The van der Waals surface area contributed by atoms with Gasteiger partial charge in [0.2, 0.25) is 0 Å². The largest absolute Gasteiger partial charge is 0.239 e. The zero-order chi connectivity index (χ0) is 7.73. The fourth-order valence-corrected chi connectivity index (χ4v) is 1.02. The Hall–Kier alpha value is -1.43. The number of nitrogens with zero attached hydrogens (tertiary/aromatic N) is 3. The van der Waals surface area contributed by atoms with Gasteiger partial charge in [-0.15, -0.1) is 0 Å². The van der Waals surface area contributed by atoms with Crippen LogP contribution in [0.25, 0.3) is 0 Å². The molecule has 1 heterocycles. The third kappa shape index (κ3) is 0.874. The Morgan fingerprint density at radius 2 is 2.09 bits per heavy atom. The summed E-state index contributed by atoms with van der Waals surface area (Å²) in [4.78, 5) is 7.99. The van der Waals surface area contributed by atoms with Gasteiger partial charge in [-0.2, -0.15) is 5.26 Å². The van der Waals surface area contributed by atoms with Crippen LogP contribution in [-0.4, -0.2) is 9.97 Å². The molecule has 0 aromatic carbocycles. The minimum Gasteiger partial charge on any atom is -0.239 e. The van der Waals surface area contributed by atoms with Gasteiger partial charge in [0.1, 0.15) is 11.2 Å². The summed E-state index contributed by atoms with van der Waals surface area (Å²) in [6, 6.07) is 4.95. The van der Waals surface area contributed by atoms with Crippen molar-refractivity contribution < 1.29 is 0 Å². The summed E-state index contributed by atoms with van der Waals surface area (Å²) in [6.07, 6.45) is 4.90. The summed E-state index contributed by atoms with van der Waals surface area (Å²) in [7, 11) is 0. The molecule has 1 aromatic rings. The molecule has 0 unspecified atom stereocenters. The predicted octanol–water partition coefficient (Wildman–Crippen LogP) is 0.832. The van der Waals surface area contributed by atoms with Gasteiger partial charge in [0.05, 0.1) is 6.07 Å². The highest BCUT2D eigenvalue weighted by Gasteiger charge is 2.47. The van der Waals surface area contributed by atoms with Crippen molar-refractivity contribution in [3.63, 3.8) is 0 Å². The molecule has 0 N–H and O–H groups in total. The third-order valence-electron chi connectivity index (χ3n) is 1.91. The highest BCUT2D eigenvalue weighted by Crippen LogP contribution is 2.45. The van der Waals surface area contributed by atoms with E-state index in [9.17, 15) is 0 Å². The van der Waals surface area contributed by atoms with Crippen molar-refractivity contribution in [3.05, 3.63) is 24.3 Å². The average Bonchev–Trinajstić information content (AvgIpc) is 2.86. The number of hydrogen-bond acceptors (Lipinski definition) is 3. The molecule has 1 fully saturated rings. The Morgan fingerprint density at radius 3 is 2.55 bits per heavy atom. The Bertz CT molecular complexity index is 295. The van der Waals surface area contributed by atoms with Gasteiger partial charge in [-0.05, 0) is 12.8 Å². The van der Waals surface area contributed by atoms with E-state index < -0.39 is 0 Å². The summed E-state index contributed by atoms with van der Waals surface area (Å²) in [5.41, 5.74) is -0.352. The summed E-state index contributed by atoms with van der Waals surface area (Å²) in [6.45, 7) is 0. The number of nitriles is 1. The molecule has 1 aromatic heterocycles. The van der Waals surface area contributed by atoms with E-state index in [1.165, 1.54) is 0 Å². The molecule has 1 radical (unpaired) electrons. The van der Waals surface area contributed by atoms with Crippen LogP contribution in [0.3, 0.4) is 0 Å². The summed E-state index contributed by atoms with van der Waals surface area (Å²) < 4.78 is 0. The van der Waals surface area contributed by atoms with Crippen molar-refractivity contribution in [1.82, 2.24) is 9.97 Å². The van der Waals surface area contributed by atoms with Crippen LogP contribution >= 0.6 is 0 Å². The van der Waals surface area contributed by atoms with Crippen molar-refractivity contribution in [1.29, 1.82) is 5.26 Å². The second-order valence-electron chi connectivity index (χ2n) is 2.70.